The molecule has 0 saturated heterocycles. The van der Waals surface area contributed by atoms with E-state index in [9.17, 15) is 13.6 Å². The van der Waals surface area contributed by atoms with Crippen LogP contribution in [0.15, 0.2) is 60.7 Å². The largest absolute Gasteiger partial charge is 0.483 e. The average Bonchev–Trinajstić information content (AvgIpc) is 2.68. The Balaban J connectivity index is 1.66. The minimum Gasteiger partial charge on any atom is -0.483 e. The quantitative estimate of drug-likeness (QED) is 0.420. The van der Waals surface area contributed by atoms with Gasteiger partial charge in [-0.05, 0) is 73.0 Å². The molecule has 6 heteroatoms. The van der Waals surface area contributed by atoms with Gasteiger partial charge in [0.15, 0.2) is 17.4 Å². The summed E-state index contributed by atoms with van der Waals surface area (Å²) >= 11 is 5.86. The molecule has 0 saturated carbocycles. The van der Waals surface area contributed by atoms with Gasteiger partial charge in [-0.3, -0.25) is 0 Å². The molecule has 0 aliphatic carbocycles. The molecule has 3 aromatic carbocycles. The maximum atomic E-state index is 14.3. The van der Waals surface area contributed by atoms with Crippen molar-refractivity contribution in [3.8, 4) is 17.2 Å². The number of benzene rings is 3. The summed E-state index contributed by atoms with van der Waals surface area (Å²) in [6.07, 6.45) is 0.521. The van der Waals surface area contributed by atoms with Gasteiger partial charge in [-0.15, -0.1) is 0 Å². The Morgan fingerprint density at radius 1 is 0.931 bits per heavy atom. The number of carbonyl (C=O) groups excluding carboxylic acids is 1. The smallest absolute Gasteiger partial charge is 0.191 e. The zero-order valence-electron chi connectivity index (χ0n) is 15.8. The number of Topliss-reactive ketones (excluding diaryl/α,β-unsaturated/α-hetero) is 1. The van der Waals surface area contributed by atoms with Crippen molar-refractivity contribution in [1.82, 2.24) is 0 Å². The Hall–Kier alpha value is -2.92. The normalized spacial score (nSPS) is 10.6. The van der Waals surface area contributed by atoms with E-state index < -0.39 is 17.4 Å². The standard InChI is InChI=1S/C23H19ClF2O3/c1-15(27)5-6-16-12-21(25)23(22(26)13-16)28-14-17-3-2-4-20(11-17)29-19-9-7-18(24)8-10-19/h2-4,7-13H,5-6,14H2,1H3. The molecular formula is C23H19ClF2O3. The fourth-order valence-corrected chi connectivity index (χ4v) is 2.83. The molecule has 0 aliphatic rings. The first-order chi connectivity index (χ1) is 13.9. The van der Waals surface area contributed by atoms with Crippen molar-refractivity contribution < 1.29 is 23.0 Å². The molecule has 0 atom stereocenters. The molecule has 0 aromatic heterocycles. The lowest BCUT2D eigenvalue weighted by Crippen LogP contribution is -2.02. The molecular weight excluding hydrogens is 398 g/mol. The van der Waals surface area contributed by atoms with E-state index >= 15 is 0 Å². The molecule has 0 radical (unpaired) electrons. The Bertz CT molecular complexity index is 980. The van der Waals surface area contributed by atoms with Gasteiger partial charge >= 0.3 is 0 Å². The third kappa shape index (κ3) is 6.03. The zero-order valence-corrected chi connectivity index (χ0v) is 16.5. The first-order valence-corrected chi connectivity index (χ1v) is 9.41. The van der Waals surface area contributed by atoms with Gasteiger partial charge in [0.05, 0.1) is 0 Å². The molecule has 0 bridgehead atoms. The van der Waals surface area contributed by atoms with Crippen LogP contribution in [-0.2, 0) is 17.8 Å². The van der Waals surface area contributed by atoms with Crippen molar-refractivity contribution in [1.29, 1.82) is 0 Å². The van der Waals surface area contributed by atoms with Crippen LogP contribution in [0.2, 0.25) is 5.02 Å². The highest BCUT2D eigenvalue weighted by Crippen LogP contribution is 2.27. The molecule has 0 spiro atoms. The Morgan fingerprint density at radius 3 is 2.28 bits per heavy atom. The van der Waals surface area contributed by atoms with Crippen molar-refractivity contribution in [2.24, 2.45) is 0 Å². The number of halogens is 3. The van der Waals surface area contributed by atoms with Gasteiger partial charge in [0.1, 0.15) is 23.9 Å². The zero-order chi connectivity index (χ0) is 20.8. The average molecular weight is 417 g/mol. The summed E-state index contributed by atoms with van der Waals surface area (Å²) < 4.78 is 39.6. The summed E-state index contributed by atoms with van der Waals surface area (Å²) in [4.78, 5) is 11.0. The van der Waals surface area contributed by atoms with Gasteiger partial charge in [-0.25, -0.2) is 8.78 Å². The highest BCUT2D eigenvalue weighted by molar-refractivity contribution is 6.30. The van der Waals surface area contributed by atoms with E-state index in [1.807, 2.05) is 0 Å². The van der Waals surface area contributed by atoms with Crippen molar-refractivity contribution >= 4 is 17.4 Å². The van der Waals surface area contributed by atoms with Gasteiger partial charge in [0.25, 0.3) is 0 Å². The molecule has 3 rings (SSSR count). The number of aryl methyl sites for hydroxylation is 1. The van der Waals surface area contributed by atoms with Crippen LogP contribution in [-0.4, -0.2) is 5.78 Å². The Kier molecular flexibility index (Phi) is 6.83. The fourth-order valence-electron chi connectivity index (χ4n) is 2.71. The number of ether oxygens (including phenoxy) is 2. The Morgan fingerprint density at radius 2 is 1.62 bits per heavy atom. The van der Waals surface area contributed by atoms with Gasteiger partial charge in [-0.2, -0.15) is 0 Å². The van der Waals surface area contributed by atoms with E-state index in [4.69, 9.17) is 21.1 Å². The number of hydrogen-bond donors (Lipinski definition) is 0. The van der Waals surface area contributed by atoms with Crippen molar-refractivity contribution in [3.05, 3.63) is 88.4 Å². The highest BCUT2D eigenvalue weighted by Gasteiger charge is 2.13. The predicted octanol–water partition coefficient (Wildman–Crippen LogP) is 6.51. The topological polar surface area (TPSA) is 35.5 Å². The second-order valence-corrected chi connectivity index (χ2v) is 7.02. The maximum absolute atomic E-state index is 14.3. The summed E-state index contributed by atoms with van der Waals surface area (Å²) in [7, 11) is 0. The lowest BCUT2D eigenvalue weighted by Gasteiger charge is -2.11. The molecule has 0 heterocycles. The fraction of sp³-hybridized carbons (Fsp3) is 0.174. The van der Waals surface area contributed by atoms with E-state index in [0.717, 1.165) is 0 Å². The van der Waals surface area contributed by atoms with Crippen LogP contribution < -0.4 is 9.47 Å². The molecule has 3 nitrogen and oxygen atoms in total. The molecule has 0 N–H and O–H groups in total. The third-order valence-electron chi connectivity index (χ3n) is 4.15. The van der Waals surface area contributed by atoms with Crippen LogP contribution >= 0.6 is 11.6 Å². The molecule has 0 amide bonds. The third-order valence-corrected chi connectivity index (χ3v) is 4.41. The van der Waals surface area contributed by atoms with E-state index in [1.165, 1.54) is 19.1 Å². The highest BCUT2D eigenvalue weighted by atomic mass is 35.5. The van der Waals surface area contributed by atoms with Crippen LogP contribution in [0.4, 0.5) is 8.78 Å². The van der Waals surface area contributed by atoms with Crippen molar-refractivity contribution in [3.63, 3.8) is 0 Å². The lowest BCUT2D eigenvalue weighted by atomic mass is 10.1. The van der Waals surface area contributed by atoms with Crippen molar-refractivity contribution in [2.45, 2.75) is 26.4 Å². The van der Waals surface area contributed by atoms with Crippen LogP contribution in [0.25, 0.3) is 0 Å². The number of carbonyl (C=O) groups is 1. The number of hydrogen-bond acceptors (Lipinski definition) is 3. The monoisotopic (exact) mass is 416 g/mol. The summed E-state index contributed by atoms with van der Waals surface area (Å²) in [5, 5.41) is 0.607. The van der Waals surface area contributed by atoms with Crippen LogP contribution in [0.3, 0.4) is 0 Å². The maximum Gasteiger partial charge on any atom is 0.191 e. The molecule has 29 heavy (non-hydrogen) atoms. The molecule has 0 unspecified atom stereocenters. The van der Waals surface area contributed by atoms with E-state index in [2.05, 4.69) is 0 Å². The summed E-state index contributed by atoms with van der Waals surface area (Å²) in [6, 6.07) is 16.3. The van der Waals surface area contributed by atoms with Gasteiger partial charge in [-0.1, -0.05) is 23.7 Å². The SMILES string of the molecule is CC(=O)CCc1cc(F)c(OCc2cccc(Oc3ccc(Cl)cc3)c2)c(F)c1. The minimum absolute atomic E-state index is 0.0293. The van der Waals surface area contributed by atoms with Crippen LogP contribution in [0, 0.1) is 11.6 Å². The second-order valence-electron chi connectivity index (χ2n) is 6.58. The number of ketones is 1. The second kappa shape index (κ2) is 9.52. The summed E-state index contributed by atoms with van der Waals surface area (Å²) in [5.41, 5.74) is 1.11. The van der Waals surface area contributed by atoms with Crippen LogP contribution in [0.5, 0.6) is 17.2 Å². The molecule has 0 aliphatic heterocycles. The van der Waals surface area contributed by atoms with E-state index in [0.29, 0.717) is 27.6 Å². The van der Waals surface area contributed by atoms with Crippen molar-refractivity contribution in [2.75, 3.05) is 0 Å². The molecule has 150 valence electrons. The predicted molar refractivity (Wildman–Crippen MR) is 108 cm³/mol. The molecule has 0 fully saturated rings. The number of rotatable bonds is 8. The van der Waals surface area contributed by atoms with Gasteiger partial charge in [0.2, 0.25) is 0 Å². The first kappa shape index (κ1) is 20.8. The summed E-state index contributed by atoms with van der Waals surface area (Å²) in [5.74, 6) is -0.888. The van der Waals surface area contributed by atoms with Crippen LogP contribution in [0.1, 0.15) is 24.5 Å². The summed E-state index contributed by atoms with van der Waals surface area (Å²) in [6.45, 7) is 1.41. The van der Waals surface area contributed by atoms with Gasteiger partial charge in [0, 0.05) is 11.4 Å². The van der Waals surface area contributed by atoms with E-state index in [-0.39, 0.29) is 25.2 Å². The molecule has 3 aromatic rings. The minimum atomic E-state index is -0.794. The Labute approximate surface area is 172 Å². The van der Waals surface area contributed by atoms with Gasteiger partial charge < -0.3 is 14.3 Å². The first-order valence-electron chi connectivity index (χ1n) is 9.03. The lowest BCUT2D eigenvalue weighted by molar-refractivity contribution is -0.116. The van der Waals surface area contributed by atoms with E-state index in [1.54, 1.807) is 48.5 Å².